The summed E-state index contributed by atoms with van der Waals surface area (Å²) in [5.74, 6) is 0.440. The number of ether oxygens (including phenoxy) is 3. The van der Waals surface area contributed by atoms with E-state index in [1.807, 2.05) is 0 Å². The van der Waals surface area contributed by atoms with E-state index in [4.69, 9.17) is 9.15 Å². The van der Waals surface area contributed by atoms with Crippen LogP contribution in [0.3, 0.4) is 0 Å². The molecule has 1 heterocycles. The first-order valence-electron chi connectivity index (χ1n) is 11.6. The molecule has 0 saturated heterocycles. The van der Waals surface area contributed by atoms with Crippen LogP contribution in [0.15, 0.2) is 4.42 Å². The zero-order valence-electron chi connectivity index (χ0n) is 18.5. The Morgan fingerprint density at radius 2 is 1.40 bits per heavy atom. The second-order valence-electron chi connectivity index (χ2n) is 10.2. The lowest BCUT2D eigenvalue weighted by Gasteiger charge is -2.57. The van der Waals surface area contributed by atoms with Crippen LogP contribution in [0.25, 0.3) is 0 Å². The highest BCUT2D eigenvalue weighted by molar-refractivity contribution is 5.77. The lowest BCUT2D eigenvalue weighted by atomic mass is 9.50. The molecule has 0 atom stereocenters. The van der Waals surface area contributed by atoms with Crippen molar-refractivity contribution in [2.24, 2.45) is 5.41 Å². The summed E-state index contributed by atoms with van der Waals surface area (Å²) < 4.78 is 92.0. The minimum atomic E-state index is -4.66. The normalized spacial score (nSPS) is 36.6. The molecule has 4 aliphatic carbocycles. The average molecular weight is 513 g/mol. The van der Waals surface area contributed by atoms with E-state index in [2.05, 4.69) is 25.0 Å². The molecular formula is C21H25F6N3O5. The molecule has 0 radical (unpaired) electrons. The van der Waals surface area contributed by atoms with Crippen LogP contribution in [0.5, 0.6) is 0 Å². The number of aromatic nitrogens is 2. The van der Waals surface area contributed by atoms with Crippen molar-refractivity contribution >= 4 is 5.91 Å². The molecule has 4 fully saturated rings. The summed E-state index contributed by atoms with van der Waals surface area (Å²) in [5, 5.41) is 11.0. The Balaban J connectivity index is 0.955. The molecule has 1 aromatic heterocycles. The first-order chi connectivity index (χ1) is 16.3. The fraction of sp³-hybridized carbons (Fsp3) is 0.857. The Labute approximate surface area is 196 Å². The van der Waals surface area contributed by atoms with Gasteiger partial charge in [-0.25, -0.2) is 0 Å². The van der Waals surface area contributed by atoms with E-state index in [1.54, 1.807) is 0 Å². The van der Waals surface area contributed by atoms with Crippen LogP contribution in [-0.2, 0) is 19.0 Å². The second kappa shape index (κ2) is 8.87. The number of alkyl halides is 6. The van der Waals surface area contributed by atoms with Crippen LogP contribution in [0.1, 0.15) is 75.0 Å². The molecular weight excluding hydrogens is 488 g/mol. The fourth-order valence-electron chi connectivity index (χ4n) is 5.61. The molecule has 35 heavy (non-hydrogen) atoms. The number of halogens is 6. The summed E-state index contributed by atoms with van der Waals surface area (Å²) in [7, 11) is 0. The van der Waals surface area contributed by atoms with Gasteiger partial charge >= 0.3 is 12.7 Å². The lowest BCUT2D eigenvalue weighted by molar-refractivity contribution is -0.357. The van der Waals surface area contributed by atoms with Gasteiger partial charge in [-0.2, -0.15) is 0 Å². The maximum absolute atomic E-state index is 12.2. The van der Waals surface area contributed by atoms with Gasteiger partial charge < -0.3 is 14.5 Å². The monoisotopic (exact) mass is 513 g/mol. The van der Waals surface area contributed by atoms with Crippen molar-refractivity contribution < 1.29 is 49.8 Å². The number of hydrogen-bond donors (Lipinski definition) is 1. The third-order valence-electron chi connectivity index (χ3n) is 7.43. The van der Waals surface area contributed by atoms with E-state index in [-0.39, 0.29) is 61.5 Å². The molecule has 14 heteroatoms. The van der Waals surface area contributed by atoms with E-state index < -0.39 is 31.0 Å². The van der Waals surface area contributed by atoms with Crippen molar-refractivity contribution in [3.05, 3.63) is 11.8 Å². The van der Waals surface area contributed by atoms with Gasteiger partial charge in [0, 0.05) is 30.7 Å². The van der Waals surface area contributed by atoms with Crippen LogP contribution < -0.4 is 5.32 Å². The first kappa shape index (κ1) is 24.8. The summed E-state index contributed by atoms with van der Waals surface area (Å²) in [6, 6.07) is 0.0218. The summed E-state index contributed by atoms with van der Waals surface area (Å²) in [6.07, 6.45) is -7.58. The van der Waals surface area contributed by atoms with Gasteiger partial charge in [0.1, 0.15) is 6.61 Å². The molecule has 4 aliphatic rings. The highest BCUT2D eigenvalue weighted by atomic mass is 19.4. The average Bonchev–Trinajstić information content (AvgIpc) is 3.07. The van der Waals surface area contributed by atoms with Crippen molar-refractivity contribution in [2.45, 2.75) is 100 Å². The SMILES string of the molecule is O=C(CO[C@H]1C[C@H](OC(F)(F)F)C1)NC1CC2(C1)CC(c1nnc([C@H]3C[C@@H](OC(F)(F)F)C3)o1)C2. The topological polar surface area (TPSA) is 95.7 Å². The number of carbonyl (C=O) groups excluding carboxylic acids is 1. The van der Waals surface area contributed by atoms with Crippen LogP contribution >= 0.6 is 0 Å². The number of carbonyl (C=O) groups is 1. The van der Waals surface area contributed by atoms with Crippen molar-refractivity contribution in [3.63, 3.8) is 0 Å². The number of hydrogen-bond acceptors (Lipinski definition) is 7. The highest BCUT2D eigenvalue weighted by Gasteiger charge is 2.55. The Bertz CT molecular complexity index is 911. The molecule has 1 spiro atoms. The summed E-state index contributed by atoms with van der Waals surface area (Å²) in [4.78, 5) is 12.1. The van der Waals surface area contributed by atoms with Crippen molar-refractivity contribution in [1.29, 1.82) is 0 Å². The van der Waals surface area contributed by atoms with Crippen molar-refractivity contribution in [1.82, 2.24) is 15.5 Å². The smallest absolute Gasteiger partial charge is 0.425 e. The Kier molecular flexibility index (Phi) is 6.27. The maximum Gasteiger partial charge on any atom is 0.522 e. The number of nitrogens with one attached hydrogen (secondary N) is 1. The molecule has 8 nitrogen and oxygen atoms in total. The predicted octanol–water partition coefficient (Wildman–Crippen LogP) is 4.08. The quantitative estimate of drug-likeness (QED) is 0.524. The standard InChI is InChI=1S/C21H25F6N3O5/c22-20(23,24)34-14-1-10(2-14)17-29-30-18(33-17)11-5-19(6-11)7-12(8-19)28-16(31)9-32-13-3-15(4-13)35-21(25,26)27/h10-15H,1-9H2,(H,28,31)/t10-,11?,12?,13-,14+,15-,19?. The first-order valence-corrected chi connectivity index (χ1v) is 11.6. The Morgan fingerprint density at radius 1 is 0.857 bits per heavy atom. The highest BCUT2D eigenvalue weighted by Crippen LogP contribution is 2.61. The van der Waals surface area contributed by atoms with Crippen LogP contribution in [0.2, 0.25) is 0 Å². The minimum Gasteiger partial charge on any atom is -0.425 e. The van der Waals surface area contributed by atoms with E-state index in [1.165, 1.54) is 0 Å². The van der Waals surface area contributed by atoms with Crippen molar-refractivity contribution in [2.75, 3.05) is 6.61 Å². The number of nitrogens with zero attached hydrogens (tertiary/aromatic N) is 2. The van der Waals surface area contributed by atoms with Gasteiger partial charge in [-0.05, 0) is 43.9 Å². The Hall–Kier alpha value is -1.93. The summed E-state index contributed by atoms with van der Waals surface area (Å²) in [5.41, 5.74) is 0.107. The van der Waals surface area contributed by atoms with E-state index in [0.29, 0.717) is 11.8 Å². The fourth-order valence-corrected chi connectivity index (χ4v) is 5.61. The van der Waals surface area contributed by atoms with Gasteiger partial charge in [-0.15, -0.1) is 36.5 Å². The molecule has 1 amide bonds. The van der Waals surface area contributed by atoms with Gasteiger partial charge in [-0.1, -0.05) is 0 Å². The third kappa shape index (κ3) is 5.91. The largest absolute Gasteiger partial charge is 0.522 e. The van der Waals surface area contributed by atoms with Gasteiger partial charge in [0.05, 0.1) is 18.3 Å². The number of rotatable bonds is 8. The molecule has 1 N–H and O–H groups in total. The van der Waals surface area contributed by atoms with E-state index >= 15 is 0 Å². The van der Waals surface area contributed by atoms with E-state index in [0.717, 1.165) is 25.7 Å². The van der Waals surface area contributed by atoms with Crippen LogP contribution in [-0.4, -0.2) is 59.8 Å². The molecule has 0 unspecified atom stereocenters. The zero-order valence-corrected chi connectivity index (χ0v) is 18.5. The molecule has 5 rings (SSSR count). The van der Waals surface area contributed by atoms with Gasteiger partial charge in [0.15, 0.2) is 0 Å². The van der Waals surface area contributed by atoms with E-state index in [9.17, 15) is 31.1 Å². The van der Waals surface area contributed by atoms with Crippen LogP contribution in [0, 0.1) is 5.41 Å². The molecule has 4 saturated carbocycles. The predicted molar refractivity (Wildman–Crippen MR) is 103 cm³/mol. The van der Waals surface area contributed by atoms with Gasteiger partial charge in [0.25, 0.3) is 0 Å². The lowest BCUT2D eigenvalue weighted by Crippen LogP contribution is -2.56. The summed E-state index contributed by atoms with van der Waals surface area (Å²) >= 11 is 0. The minimum absolute atomic E-state index is 0.0218. The second-order valence-corrected chi connectivity index (χ2v) is 10.2. The molecule has 0 bridgehead atoms. The Morgan fingerprint density at radius 3 is 1.97 bits per heavy atom. The van der Waals surface area contributed by atoms with Crippen molar-refractivity contribution in [3.8, 4) is 0 Å². The molecule has 0 aliphatic heterocycles. The maximum atomic E-state index is 12.2. The molecule has 1 aromatic rings. The molecule has 0 aromatic carbocycles. The summed E-state index contributed by atoms with van der Waals surface area (Å²) in [6.45, 7) is -0.198. The third-order valence-corrected chi connectivity index (χ3v) is 7.43. The molecule has 196 valence electrons. The van der Waals surface area contributed by atoms with Crippen LogP contribution in [0.4, 0.5) is 26.3 Å². The zero-order chi connectivity index (χ0) is 25.0. The van der Waals surface area contributed by atoms with Gasteiger partial charge in [0.2, 0.25) is 17.7 Å². The number of amides is 1. The van der Waals surface area contributed by atoms with Gasteiger partial charge in [-0.3, -0.25) is 14.3 Å².